The fourth-order valence-corrected chi connectivity index (χ4v) is 7.57. The lowest BCUT2D eigenvalue weighted by Crippen LogP contribution is -1.86. The summed E-state index contributed by atoms with van der Waals surface area (Å²) >= 11 is 0. The second-order valence-electron chi connectivity index (χ2n) is 11.6. The largest absolute Gasteiger partial charge is 0.0616 e. The summed E-state index contributed by atoms with van der Waals surface area (Å²) in [5.74, 6) is 0. The average Bonchev–Trinajstić information content (AvgIpc) is 3.49. The van der Waals surface area contributed by atoms with Gasteiger partial charge in [-0.05, 0) is 124 Å². The summed E-state index contributed by atoms with van der Waals surface area (Å²) in [6.07, 6.45) is 2.39. The van der Waals surface area contributed by atoms with Crippen LogP contribution in [0.15, 0.2) is 127 Å². The smallest absolute Gasteiger partial charge is 0.00204 e. The molecule has 1 aliphatic carbocycles. The fraction of sp³-hybridized carbons (Fsp3) is 0.0732. The first-order valence-electron chi connectivity index (χ1n) is 14.7. The number of hydrogen-bond donors (Lipinski definition) is 0. The van der Waals surface area contributed by atoms with Crippen molar-refractivity contribution in [2.45, 2.75) is 19.8 Å². The summed E-state index contributed by atoms with van der Waals surface area (Å²) in [6, 6.07) is 46.8. The quantitative estimate of drug-likeness (QED) is 0.138. The van der Waals surface area contributed by atoms with Gasteiger partial charge in [0, 0.05) is 0 Å². The monoisotopic (exact) mass is 520 g/mol. The van der Waals surface area contributed by atoms with Crippen molar-refractivity contribution in [3.63, 3.8) is 0 Å². The molecule has 192 valence electrons. The molecular weight excluding hydrogens is 492 g/mol. The lowest BCUT2D eigenvalue weighted by Gasteiger charge is -2.12. The van der Waals surface area contributed by atoms with Crippen LogP contribution >= 0.6 is 0 Å². The predicted octanol–water partition coefficient (Wildman–Crippen LogP) is 11.3. The molecule has 0 N–H and O–H groups in total. The third kappa shape index (κ3) is 3.28. The van der Waals surface area contributed by atoms with Gasteiger partial charge in [-0.3, -0.25) is 0 Å². The molecule has 0 nitrogen and oxygen atoms in total. The van der Waals surface area contributed by atoms with Crippen molar-refractivity contribution >= 4 is 75.4 Å². The zero-order chi connectivity index (χ0) is 27.1. The molecule has 0 spiro atoms. The molecule has 0 radical (unpaired) electrons. The molecule has 1 aliphatic rings. The van der Waals surface area contributed by atoms with E-state index in [0.29, 0.717) is 0 Å². The minimum atomic E-state index is 1.19. The minimum absolute atomic E-state index is 1.19. The molecule has 9 aromatic rings. The van der Waals surface area contributed by atoms with E-state index in [2.05, 4.69) is 134 Å². The molecule has 0 saturated carbocycles. The van der Waals surface area contributed by atoms with E-state index in [9.17, 15) is 0 Å². The van der Waals surface area contributed by atoms with Crippen molar-refractivity contribution in [2.75, 3.05) is 0 Å². The Labute approximate surface area is 238 Å². The van der Waals surface area contributed by atoms with Gasteiger partial charge in [0.1, 0.15) is 0 Å². The van der Waals surface area contributed by atoms with Crippen LogP contribution in [0, 0.1) is 6.92 Å². The molecule has 0 heteroatoms. The Morgan fingerprint density at radius 1 is 0.341 bits per heavy atom. The normalized spacial score (nSPS) is 12.8. The second kappa shape index (κ2) is 8.53. The second-order valence-corrected chi connectivity index (χ2v) is 11.6. The number of aryl methyl sites for hydroxylation is 3. The highest BCUT2D eigenvalue weighted by molar-refractivity contribution is 6.28. The maximum absolute atomic E-state index is 2.39. The predicted molar refractivity (Wildman–Crippen MR) is 179 cm³/mol. The zero-order valence-corrected chi connectivity index (χ0v) is 23.0. The molecule has 0 atom stereocenters. The van der Waals surface area contributed by atoms with Gasteiger partial charge in [0.25, 0.3) is 0 Å². The molecular formula is C41H28. The zero-order valence-electron chi connectivity index (χ0n) is 23.0. The number of benzene rings is 9. The first kappa shape index (κ1) is 22.8. The highest BCUT2D eigenvalue weighted by atomic mass is 14.2. The molecule has 41 heavy (non-hydrogen) atoms. The third-order valence-corrected chi connectivity index (χ3v) is 9.47. The van der Waals surface area contributed by atoms with Crippen molar-refractivity contribution in [2.24, 2.45) is 0 Å². The van der Waals surface area contributed by atoms with Crippen LogP contribution in [0.4, 0.5) is 0 Å². The van der Waals surface area contributed by atoms with Crippen LogP contribution in [0.1, 0.15) is 16.7 Å². The van der Waals surface area contributed by atoms with E-state index in [1.54, 1.807) is 11.1 Å². The van der Waals surface area contributed by atoms with Crippen LogP contribution in [0.25, 0.3) is 75.4 Å². The van der Waals surface area contributed by atoms with Gasteiger partial charge in [0.2, 0.25) is 0 Å². The van der Waals surface area contributed by atoms with Crippen molar-refractivity contribution < 1.29 is 0 Å². The number of rotatable bonds is 0. The van der Waals surface area contributed by atoms with Crippen LogP contribution in [0.3, 0.4) is 0 Å². The summed E-state index contributed by atoms with van der Waals surface area (Å²) in [4.78, 5) is 0. The standard InChI is InChI=1S/C21H16.C20H12/c1-13-6-7-15-12-20-17-5-3-2-4-14(17)8-9-18(20)19-11-10-16(13)21(15)19;1-2-7-17-15(4-1)12-16-9-8-13-5-3-6-14-10-11-18(17)20(16)19(13)14/h2-9,12H,10-11H2,1H3;1-12H. The van der Waals surface area contributed by atoms with Gasteiger partial charge in [0.05, 0.1) is 0 Å². The highest BCUT2D eigenvalue weighted by Gasteiger charge is 2.19. The van der Waals surface area contributed by atoms with Crippen molar-refractivity contribution in [1.82, 2.24) is 0 Å². The Morgan fingerprint density at radius 2 is 0.927 bits per heavy atom. The first-order chi connectivity index (χ1) is 20.2. The van der Waals surface area contributed by atoms with Gasteiger partial charge in [-0.15, -0.1) is 0 Å². The average molecular weight is 521 g/mol. The minimum Gasteiger partial charge on any atom is -0.0616 e. The van der Waals surface area contributed by atoms with Gasteiger partial charge < -0.3 is 0 Å². The van der Waals surface area contributed by atoms with Crippen LogP contribution in [0.5, 0.6) is 0 Å². The molecule has 10 rings (SSSR count). The molecule has 0 fully saturated rings. The van der Waals surface area contributed by atoms with Gasteiger partial charge >= 0.3 is 0 Å². The van der Waals surface area contributed by atoms with Crippen molar-refractivity contribution in [3.8, 4) is 0 Å². The molecule has 0 aromatic heterocycles. The van der Waals surface area contributed by atoms with Gasteiger partial charge in [-0.1, -0.05) is 115 Å². The Kier molecular flexibility index (Phi) is 4.75. The van der Waals surface area contributed by atoms with Gasteiger partial charge in [-0.25, -0.2) is 0 Å². The van der Waals surface area contributed by atoms with E-state index in [1.165, 1.54) is 93.8 Å². The molecule has 0 heterocycles. The number of fused-ring (bicyclic) bond motifs is 6. The summed E-state index contributed by atoms with van der Waals surface area (Å²) in [6.45, 7) is 2.24. The Bertz CT molecular complexity index is 2460. The maximum Gasteiger partial charge on any atom is -0.00204 e. The number of hydrogen-bond acceptors (Lipinski definition) is 0. The molecule has 0 aliphatic heterocycles. The molecule has 9 aromatic carbocycles. The summed E-state index contributed by atoms with van der Waals surface area (Å²) < 4.78 is 0. The lowest BCUT2D eigenvalue weighted by molar-refractivity contribution is 1.02. The topological polar surface area (TPSA) is 0 Å². The van der Waals surface area contributed by atoms with Crippen LogP contribution in [-0.2, 0) is 12.8 Å². The van der Waals surface area contributed by atoms with Crippen LogP contribution in [-0.4, -0.2) is 0 Å². The Morgan fingerprint density at radius 3 is 1.78 bits per heavy atom. The molecule has 0 unspecified atom stereocenters. The summed E-state index contributed by atoms with van der Waals surface area (Å²) in [5, 5.41) is 19.3. The van der Waals surface area contributed by atoms with E-state index >= 15 is 0 Å². The molecule has 0 amide bonds. The maximum atomic E-state index is 2.39. The van der Waals surface area contributed by atoms with E-state index in [1.807, 2.05) is 0 Å². The molecule has 0 bridgehead atoms. The van der Waals surface area contributed by atoms with E-state index < -0.39 is 0 Å². The lowest BCUT2D eigenvalue weighted by atomic mass is 9.91. The highest BCUT2D eigenvalue weighted by Crippen LogP contribution is 2.40. The van der Waals surface area contributed by atoms with Gasteiger partial charge in [0.15, 0.2) is 0 Å². The molecule has 0 saturated heterocycles. The van der Waals surface area contributed by atoms with Crippen molar-refractivity contribution in [3.05, 3.63) is 144 Å². The van der Waals surface area contributed by atoms with E-state index in [-0.39, 0.29) is 0 Å². The summed E-state index contributed by atoms with van der Waals surface area (Å²) in [5.41, 5.74) is 4.57. The Hall–Kier alpha value is -4.94. The fourth-order valence-electron chi connectivity index (χ4n) is 7.57. The summed E-state index contributed by atoms with van der Waals surface area (Å²) in [7, 11) is 0. The third-order valence-electron chi connectivity index (χ3n) is 9.47. The van der Waals surface area contributed by atoms with E-state index in [4.69, 9.17) is 0 Å². The van der Waals surface area contributed by atoms with Crippen LogP contribution < -0.4 is 0 Å². The van der Waals surface area contributed by atoms with Crippen molar-refractivity contribution in [1.29, 1.82) is 0 Å². The van der Waals surface area contributed by atoms with Crippen LogP contribution in [0.2, 0.25) is 0 Å². The first-order valence-corrected chi connectivity index (χ1v) is 14.7. The SMILES string of the molecule is Cc1ccc2cc3c(ccc4ccccc43)c3c2c1CC3.c1ccc2c(c1)cc1ccc3cccc4ccc2c1c34. The Balaban J connectivity index is 0.000000117. The van der Waals surface area contributed by atoms with Gasteiger partial charge in [-0.2, -0.15) is 0 Å². The van der Waals surface area contributed by atoms with E-state index in [0.717, 1.165) is 0 Å².